The largest absolute Gasteiger partial charge is 0.467 e. The van der Waals surface area contributed by atoms with E-state index in [1.807, 2.05) is 6.92 Å². The van der Waals surface area contributed by atoms with Gasteiger partial charge in [0.05, 0.1) is 13.2 Å². The summed E-state index contributed by atoms with van der Waals surface area (Å²) < 4.78 is 5.10. The molecule has 0 aliphatic rings. The van der Waals surface area contributed by atoms with Gasteiger partial charge in [-0.05, 0) is 26.3 Å². The topological polar surface area (TPSA) is 72.0 Å². The quantitative estimate of drug-likeness (QED) is 0.851. The molecule has 0 saturated heterocycles. The van der Waals surface area contributed by atoms with E-state index in [2.05, 4.69) is 63.7 Å². The van der Waals surface area contributed by atoms with Crippen LogP contribution in [0.5, 0.6) is 6.01 Å². The standard InChI is InChI=1S/C15H21N5O/c1-5-16-13-18-14(20-15(19-13)21-4)17-11(3)12-8-6-10(2)7-9-12/h6-9,11H,5H2,1-4H3,(H2,16,17,18,19,20). The molecular weight excluding hydrogens is 266 g/mol. The van der Waals surface area contributed by atoms with Crippen LogP contribution in [0.15, 0.2) is 24.3 Å². The molecule has 1 atom stereocenters. The third kappa shape index (κ3) is 4.05. The van der Waals surface area contributed by atoms with Gasteiger partial charge < -0.3 is 15.4 Å². The SMILES string of the molecule is CCNc1nc(NC(C)c2ccc(C)cc2)nc(OC)n1. The molecule has 0 radical (unpaired) electrons. The summed E-state index contributed by atoms with van der Waals surface area (Å²) in [6.07, 6.45) is 0. The Labute approximate surface area is 125 Å². The van der Waals surface area contributed by atoms with Crippen LogP contribution in [0, 0.1) is 6.92 Å². The van der Waals surface area contributed by atoms with Crippen molar-refractivity contribution in [3.8, 4) is 6.01 Å². The van der Waals surface area contributed by atoms with Crippen molar-refractivity contribution in [3.05, 3.63) is 35.4 Å². The predicted octanol–water partition coefficient (Wildman–Crippen LogP) is 2.79. The van der Waals surface area contributed by atoms with E-state index in [1.54, 1.807) is 0 Å². The van der Waals surface area contributed by atoms with Crippen LogP contribution < -0.4 is 15.4 Å². The third-order valence-electron chi connectivity index (χ3n) is 3.06. The Bertz CT molecular complexity index is 585. The Balaban J connectivity index is 2.17. The summed E-state index contributed by atoms with van der Waals surface area (Å²) in [7, 11) is 1.54. The Morgan fingerprint density at radius 2 is 1.76 bits per heavy atom. The van der Waals surface area contributed by atoms with Gasteiger partial charge in [-0.3, -0.25) is 0 Å². The number of benzene rings is 1. The van der Waals surface area contributed by atoms with Gasteiger partial charge in [-0.2, -0.15) is 15.0 Å². The maximum atomic E-state index is 5.10. The molecule has 0 aliphatic heterocycles. The highest BCUT2D eigenvalue weighted by atomic mass is 16.5. The Kier molecular flexibility index (Phi) is 4.92. The van der Waals surface area contributed by atoms with Crippen LogP contribution in [0.2, 0.25) is 0 Å². The lowest BCUT2D eigenvalue weighted by Gasteiger charge is -2.15. The van der Waals surface area contributed by atoms with Gasteiger partial charge in [-0.15, -0.1) is 0 Å². The molecule has 0 amide bonds. The number of nitrogens with zero attached hydrogens (tertiary/aromatic N) is 3. The summed E-state index contributed by atoms with van der Waals surface area (Å²) in [6.45, 7) is 6.85. The second kappa shape index (κ2) is 6.88. The van der Waals surface area contributed by atoms with E-state index >= 15 is 0 Å². The van der Waals surface area contributed by atoms with Crippen molar-refractivity contribution in [2.24, 2.45) is 0 Å². The van der Waals surface area contributed by atoms with E-state index in [0.717, 1.165) is 6.54 Å². The van der Waals surface area contributed by atoms with Crippen LogP contribution in [0.4, 0.5) is 11.9 Å². The average molecular weight is 287 g/mol. The van der Waals surface area contributed by atoms with E-state index in [-0.39, 0.29) is 6.04 Å². The van der Waals surface area contributed by atoms with Gasteiger partial charge in [0.15, 0.2) is 0 Å². The molecule has 6 nitrogen and oxygen atoms in total. The van der Waals surface area contributed by atoms with Crippen molar-refractivity contribution in [3.63, 3.8) is 0 Å². The predicted molar refractivity (Wildman–Crippen MR) is 83.8 cm³/mol. The molecular formula is C15H21N5O. The normalized spacial score (nSPS) is 11.8. The zero-order valence-corrected chi connectivity index (χ0v) is 12.8. The molecule has 1 unspecified atom stereocenters. The highest BCUT2D eigenvalue weighted by molar-refractivity contribution is 5.38. The second-order valence-electron chi connectivity index (χ2n) is 4.78. The van der Waals surface area contributed by atoms with Gasteiger partial charge in [0.2, 0.25) is 11.9 Å². The number of anilines is 2. The van der Waals surface area contributed by atoms with Crippen molar-refractivity contribution in [2.45, 2.75) is 26.8 Å². The molecule has 0 bridgehead atoms. The lowest BCUT2D eigenvalue weighted by atomic mass is 10.1. The van der Waals surface area contributed by atoms with Gasteiger partial charge in [0.1, 0.15) is 0 Å². The van der Waals surface area contributed by atoms with Crippen molar-refractivity contribution in [1.82, 2.24) is 15.0 Å². The van der Waals surface area contributed by atoms with Crippen LogP contribution in [0.1, 0.15) is 31.0 Å². The third-order valence-corrected chi connectivity index (χ3v) is 3.06. The first kappa shape index (κ1) is 15.0. The summed E-state index contributed by atoms with van der Waals surface area (Å²) in [4.78, 5) is 12.7. The molecule has 21 heavy (non-hydrogen) atoms. The van der Waals surface area contributed by atoms with Crippen LogP contribution in [0.3, 0.4) is 0 Å². The highest BCUT2D eigenvalue weighted by Crippen LogP contribution is 2.19. The Hall–Kier alpha value is -2.37. The van der Waals surface area contributed by atoms with Gasteiger partial charge >= 0.3 is 6.01 Å². The summed E-state index contributed by atoms with van der Waals surface area (Å²) in [5, 5.41) is 6.33. The van der Waals surface area contributed by atoms with Crippen molar-refractivity contribution >= 4 is 11.9 Å². The first-order valence-corrected chi connectivity index (χ1v) is 6.99. The lowest BCUT2D eigenvalue weighted by Crippen LogP contribution is -2.12. The number of nitrogens with one attached hydrogen (secondary N) is 2. The second-order valence-corrected chi connectivity index (χ2v) is 4.78. The fourth-order valence-electron chi connectivity index (χ4n) is 1.88. The Morgan fingerprint density at radius 3 is 2.38 bits per heavy atom. The van der Waals surface area contributed by atoms with Crippen molar-refractivity contribution < 1.29 is 4.74 Å². The highest BCUT2D eigenvalue weighted by Gasteiger charge is 2.10. The van der Waals surface area contributed by atoms with Gasteiger partial charge in [0.25, 0.3) is 0 Å². The molecule has 112 valence electrons. The minimum Gasteiger partial charge on any atom is -0.467 e. The first-order valence-electron chi connectivity index (χ1n) is 6.99. The summed E-state index contributed by atoms with van der Waals surface area (Å²) in [6, 6.07) is 8.75. The number of hydrogen-bond acceptors (Lipinski definition) is 6. The summed E-state index contributed by atoms with van der Waals surface area (Å²) in [5.41, 5.74) is 2.41. The van der Waals surface area contributed by atoms with Gasteiger partial charge in [0, 0.05) is 6.54 Å². The van der Waals surface area contributed by atoms with Crippen LogP contribution in [-0.2, 0) is 0 Å². The van der Waals surface area contributed by atoms with Crippen LogP contribution in [0.25, 0.3) is 0 Å². The Morgan fingerprint density at radius 1 is 1.10 bits per heavy atom. The number of hydrogen-bond donors (Lipinski definition) is 2. The van der Waals surface area contributed by atoms with Crippen molar-refractivity contribution in [2.75, 3.05) is 24.3 Å². The molecule has 1 aromatic heterocycles. The molecule has 2 rings (SSSR count). The minimum atomic E-state index is 0.0900. The number of aryl methyl sites for hydroxylation is 1. The van der Waals surface area contributed by atoms with E-state index in [4.69, 9.17) is 4.74 Å². The number of ether oxygens (including phenoxy) is 1. The summed E-state index contributed by atoms with van der Waals surface area (Å²) >= 11 is 0. The molecule has 0 aliphatic carbocycles. The molecule has 0 saturated carbocycles. The average Bonchev–Trinajstić information content (AvgIpc) is 2.48. The van der Waals surface area contributed by atoms with E-state index in [9.17, 15) is 0 Å². The molecule has 2 N–H and O–H groups in total. The van der Waals surface area contributed by atoms with Crippen LogP contribution in [-0.4, -0.2) is 28.6 Å². The zero-order valence-electron chi connectivity index (χ0n) is 12.8. The smallest absolute Gasteiger partial charge is 0.322 e. The first-order chi connectivity index (χ1) is 10.1. The van der Waals surface area contributed by atoms with Gasteiger partial charge in [-0.25, -0.2) is 0 Å². The maximum Gasteiger partial charge on any atom is 0.322 e. The molecule has 0 fully saturated rings. The number of rotatable bonds is 6. The number of aromatic nitrogens is 3. The van der Waals surface area contributed by atoms with Crippen molar-refractivity contribution in [1.29, 1.82) is 0 Å². The van der Waals surface area contributed by atoms with E-state index in [1.165, 1.54) is 18.2 Å². The molecule has 1 heterocycles. The fraction of sp³-hybridized carbons (Fsp3) is 0.400. The maximum absolute atomic E-state index is 5.10. The fourth-order valence-corrected chi connectivity index (χ4v) is 1.88. The van der Waals surface area contributed by atoms with E-state index in [0.29, 0.717) is 17.9 Å². The molecule has 2 aromatic rings. The monoisotopic (exact) mass is 287 g/mol. The lowest BCUT2D eigenvalue weighted by molar-refractivity contribution is 0.379. The van der Waals surface area contributed by atoms with E-state index < -0.39 is 0 Å². The number of methoxy groups -OCH3 is 1. The molecule has 0 spiro atoms. The minimum absolute atomic E-state index is 0.0900. The molecule has 1 aromatic carbocycles. The van der Waals surface area contributed by atoms with Gasteiger partial charge in [-0.1, -0.05) is 29.8 Å². The zero-order chi connectivity index (χ0) is 15.2. The molecule has 6 heteroatoms. The van der Waals surface area contributed by atoms with Crippen LogP contribution >= 0.6 is 0 Å². The summed E-state index contributed by atoms with van der Waals surface area (Å²) in [5.74, 6) is 0.994.